The fourth-order valence-corrected chi connectivity index (χ4v) is 4.20. The summed E-state index contributed by atoms with van der Waals surface area (Å²) in [7, 11) is 1.30. The molecule has 0 saturated heterocycles. The number of esters is 1. The van der Waals surface area contributed by atoms with Crippen molar-refractivity contribution in [3.63, 3.8) is 0 Å². The Morgan fingerprint density at radius 3 is 2.09 bits per heavy atom. The Bertz CT molecular complexity index is 1150. The van der Waals surface area contributed by atoms with Crippen molar-refractivity contribution in [3.05, 3.63) is 65.7 Å². The maximum atomic E-state index is 13.5. The first-order chi connectivity index (χ1) is 17.1. The van der Waals surface area contributed by atoms with E-state index in [1.807, 2.05) is 36.4 Å². The van der Waals surface area contributed by atoms with Crippen LogP contribution in [0.4, 0.5) is 0 Å². The minimum absolute atomic E-state index is 0.175. The largest absolute Gasteiger partial charge is 0.467 e. The van der Waals surface area contributed by atoms with Gasteiger partial charge in [-0.3, -0.25) is 4.79 Å². The summed E-state index contributed by atoms with van der Waals surface area (Å²) < 4.78 is 26.7. The second-order valence-electron chi connectivity index (χ2n) is 8.35. The van der Waals surface area contributed by atoms with Gasteiger partial charge >= 0.3 is 5.97 Å². The number of rotatable bonds is 9. The van der Waals surface area contributed by atoms with E-state index in [4.69, 9.17) is 23.7 Å². The predicted molar refractivity (Wildman–Crippen MR) is 122 cm³/mol. The number of fused-ring (bicyclic) bond motifs is 2. The van der Waals surface area contributed by atoms with Crippen LogP contribution < -0.4 is 24.3 Å². The molecule has 0 fully saturated rings. The first kappa shape index (κ1) is 22.6. The Morgan fingerprint density at radius 1 is 0.943 bits per heavy atom. The number of carbonyl (C=O) groups excluding carboxylic acids is 2. The molecule has 1 aromatic heterocycles. The molecule has 1 atom stereocenters. The van der Waals surface area contributed by atoms with E-state index in [9.17, 15) is 9.59 Å². The van der Waals surface area contributed by atoms with E-state index in [0.717, 1.165) is 11.1 Å². The molecule has 5 rings (SSSR count). The van der Waals surface area contributed by atoms with Gasteiger partial charge in [0.25, 0.3) is 0 Å². The molecule has 2 aliphatic heterocycles. The molecule has 2 N–H and O–H groups in total. The quantitative estimate of drug-likeness (QED) is 0.448. The first-order valence-electron chi connectivity index (χ1n) is 11.2. The van der Waals surface area contributed by atoms with Crippen molar-refractivity contribution in [3.8, 4) is 23.0 Å². The van der Waals surface area contributed by atoms with E-state index in [1.54, 1.807) is 6.20 Å². The Balaban J connectivity index is 1.37. The van der Waals surface area contributed by atoms with Crippen LogP contribution in [0.2, 0.25) is 0 Å². The highest BCUT2D eigenvalue weighted by molar-refractivity contribution is 5.86. The highest BCUT2D eigenvalue weighted by Crippen LogP contribution is 2.35. The number of nitrogens with zero attached hydrogens (tertiary/aromatic N) is 1. The van der Waals surface area contributed by atoms with Crippen LogP contribution >= 0.6 is 0 Å². The molecule has 2 aliphatic rings. The minimum atomic E-state index is -0.857. The maximum Gasteiger partial charge on any atom is 0.328 e. The standard InChI is InChI=1S/C25H25N3O7/c1-31-25(30)19(10-18-11-26-12-27-18)28-24(29)17(6-15-2-4-20-22(8-15)34-13-32-20)7-16-3-5-21-23(9-16)35-14-33-21/h2-5,8-9,11-12,17,19H,6-7,10,13-14H2,1H3,(H,26,27)(H,28,29)/t19-/m0/s1. The molecule has 1 amide bonds. The van der Waals surface area contributed by atoms with Crippen LogP contribution in [0.15, 0.2) is 48.9 Å². The van der Waals surface area contributed by atoms with Gasteiger partial charge in [-0.2, -0.15) is 0 Å². The van der Waals surface area contributed by atoms with Gasteiger partial charge in [0.05, 0.1) is 13.4 Å². The van der Waals surface area contributed by atoms with Crippen LogP contribution in [0.5, 0.6) is 23.0 Å². The molecule has 0 aliphatic carbocycles. The van der Waals surface area contributed by atoms with Crippen molar-refractivity contribution in [1.82, 2.24) is 15.3 Å². The minimum Gasteiger partial charge on any atom is -0.467 e. The van der Waals surface area contributed by atoms with E-state index in [-0.39, 0.29) is 25.9 Å². The second-order valence-corrected chi connectivity index (χ2v) is 8.35. The molecule has 0 radical (unpaired) electrons. The van der Waals surface area contributed by atoms with Gasteiger partial charge in [-0.25, -0.2) is 9.78 Å². The number of aromatic amines is 1. The van der Waals surface area contributed by atoms with Gasteiger partial charge in [0.15, 0.2) is 23.0 Å². The number of carbonyl (C=O) groups is 2. The smallest absolute Gasteiger partial charge is 0.328 e. The van der Waals surface area contributed by atoms with Crippen LogP contribution in [0.1, 0.15) is 16.8 Å². The maximum absolute atomic E-state index is 13.5. The summed E-state index contributed by atoms with van der Waals surface area (Å²) in [6, 6.07) is 10.4. The third kappa shape index (κ3) is 5.16. The van der Waals surface area contributed by atoms with Crippen molar-refractivity contribution < 1.29 is 33.3 Å². The number of ether oxygens (including phenoxy) is 5. The molecule has 10 heteroatoms. The Labute approximate surface area is 201 Å². The zero-order valence-electron chi connectivity index (χ0n) is 19.1. The summed E-state index contributed by atoms with van der Waals surface area (Å²) in [6.45, 7) is 0.350. The van der Waals surface area contributed by atoms with Gasteiger partial charge in [0.1, 0.15) is 6.04 Å². The molecular formula is C25H25N3O7. The van der Waals surface area contributed by atoms with E-state index in [2.05, 4.69) is 15.3 Å². The summed E-state index contributed by atoms with van der Waals surface area (Å²) in [5.41, 5.74) is 2.54. The highest BCUT2D eigenvalue weighted by Gasteiger charge is 2.28. The fourth-order valence-electron chi connectivity index (χ4n) is 4.20. The van der Waals surface area contributed by atoms with Gasteiger partial charge in [0.2, 0.25) is 19.5 Å². The van der Waals surface area contributed by atoms with Crippen molar-refractivity contribution in [1.29, 1.82) is 0 Å². The van der Waals surface area contributed by atoms with Gasteiger partial charge in [-0.15, -0.1) is 0 Å². The third-order valence-electron chi connectivity index (χ3n) is 5.99. The van der Waals surface area contributed by atoms with E-state index in [0.29, 0.717) is 41.5 Å². The number of imidazole rings is 1. The summed E-state index contributed by atoms with van der Waals surface area (Å²) in [5.74, 6) is 1.37. The van der Waals surface area contributed by atoms with Gasteiger partial charge in [-0.1, -0.05) is 12.1 Å². The second kappa shape index (κ2) is 9.96. The topological polar surface area (TPSA) is 121 Å². The summed E-state index contributed by atoms with van der Waals surface area (Å²) >= 11 is 0. The number of benzene rings is 2. The number of hydrogen-bond acceptors (Lipinski definition) is 8. The molecule has 182 valence electrons. The number of nitrogens with one attached hydrogen (secondary N) is 2. The average molecular weight is 479 g/mol. The molecule has 3 aromatic rings. The molecule has 3 heterocycles. The lowest BCUT2D eigenvalue weighted by molar-refractivity contribution is -0.145. The van der Waals surface area contributed by atoms with Crippen LogP contribution in [0.25, 0.3) is 0 Å². The lowest BCUT2D eigenvalue weighted by Crippen LogP contribution is -2.46. The molecule has 0 saturated carbocycles. The SMILES string of the molecule is COC(=O)[C@H](Cc1cnc[nH]1)NC(=O)C(Cc1ccc2c(c1)OCO2)Cc1ccc2c(c1)OCO2. The molecule has 0 bridgehead atoms. The Morgan fingerprint density at radius 2 is 1.54 bits per heavy atom. The molecule has 35 heavy (non-hydrogen) atoms. The molecule has 2 aromatic carbocycles. The fraction of sp³-hybridized carbons (Fsp3) is 0.320. The highest BCUT2D eigenvalue weighted by atomic mass is 16.7. The first-order valence-corrected chi connectivity index (χ1v) is 11.2. The number of H-pyrrole nitrogens is 1. The predicted octanol–water partition coefficient (Wildman–Crippen LogP) is 2.17. The Hall–Kier alpha value is -4.21. The van der Waals surface area contributed by atoms with Crippen molar-refractivity contribution >= 4 is 11.9 Å². The third-order valence-corrected chi connectivity index (χ3v) is 5.99. The van der Waals surface area contributed by atoms with Gasteiger partial charge in [0, 0.05) is 24.2 Å². The van der Waals surface area contributed by atoms with Crippen LogP contribution in [-0.4, -0.2) is 48.6 Å². The zero-order chi connectivity index (χ0) is 24.2. The van der Waals surface area contributed by atoms with Crippen molar-refractivity contribution in [2.75, 3.05) is 20.7 Å². The molecular weight excluding hydrogens is 454 g/mol. The van der Waals surface area contributed by atoms with Crippen LogP contribution in [-0.2, 0) is 33.6 Å². The van der Waals surface area contributed by atoms with Crippen LogP contribution in [0.3, 0.4) is 0 Å². The zero-order valence-corrected chi connectivity index (χ0v) is 19.1. The van der Waals surface area contributed by atoms with Gasteiger partial charge in [-0.05, 0) is 48.2 Å². The molecule has 0 spiro atoms. The number of methoxy groups -OCH3 is 1. The summed E-state index contributed by atoms with van der Waals surface area (Å²) in [4.78, 5) is 32.9. The molecule has 0 unspecified atom stereocenters. The van der Waals surface area contributed by atoms with E-state index in [1.165, 1.54) is 13.4 Å². The average Bonchev–Trinajstić information content (AvgIpc) is 3.64. The van der Waals surface area contributed by atoms with Crippen molar-refractivity contribution in [2.24, 2.45) is 5.92 Å². The van der Waals surface area contributed by atoms with E-state index < -0.39 is 17.9 Å². The van der Waals surface area contributed by atoms with Gasteiger partial charge < -0.3 is 34.0 Å². The summed E-state index contributed by atoms with van der Waals surface area (Å²) in [5, 5.41) is 2.88. The number of amides is 1. The summed E-state index contributed by atoms with van der Waals surface area (Å²) in [6.07, 6.45) is 4.22. The normalized spacial score (nSPS) is 14.1. The number of aromatic nitrogens is 2. The lowest BCUT2D eigenvalue weighted by Gasteiger charge is -2.22. The number of hydrogen-bond donors (Lipinski definition) is 2. The monoisotopic (exact) mass is 479 g/mol. The lowest BCUT2D eigenvalue weighted by atomic mass is 9.91. The molecule has 10 nitrogen and oxygen atoms in total. The van der Waals surface area contributed by atoms with E-state index >= 15 is 0 Å². The Kier molecular flexibility index (Phi) is 6.42. The van der Waals surface area contributed by atoms with Crippen LogP contribution in [0, 0.1) is 5.92 Å². The van der Waals surface area contributed by atoms with Crippen molar-refractivity contribution in [2.45, 2.75) is 25.3 Å².